The average molecular weight is 436 g/mol. The molecule has 3 heterocycles. The summed E-state index contributed by atoms with van der Waals surface area (Å²) in [5.74, 6) is -0.0707. The molecule has 1 atom stereocenters. The summed E-state index contributed by atoms with van der Waals surface area (Å²) in [6, 6.07) is 8.07. The van der Waals surface area contributed by atoms with Crippen LogP contribution < -0.4 is 11.1 Å². The summed E-state index contributed by atoms with van der Waals surface area (Å²) in [6.45, 7) is 2.90. The zero-order valence-corrected chi connectivity index (χ0v) is 18.2. The zero-order chi connectivity index (χ0) is 22.8. The summed E-state index contributed by atoms with van der Waals surface area (Å²) in [5.41, 5.74) is 8.70. The SMILES string of the molecule is CNc1ccc(-c2c(C)nc(N)nc2-c2ccc(C(=O)N(C)C3CCOC3)cc2F)cn1. The van der Waals surface area contributed by atoms with Gasteiger partial charge in [-0.1, -0.05) is 0 Å². The molecule has 1 aromatic carbocycles. The van der Waals surface area contributed by atoms with Gasteiger partial charge in [0.25, 0.3) is 5.91 Å². The lowest BCUT2D eigenvalue weighted by atomic mass is 9.97. The highest BCUT2D eigenvalue weighted by Gasteiger charge is 2.26. The van der Waals surface area contributed by atoms with Crippen molar-refractivity contribution in [1.29, 1.82) is 0 Å². The quantitative estimate of drug-likeness (QED) is 0.633. The normalized spacial score (nSPS) is 15.6. The molecule has 0 spiro atoms. The molecule has 0 bridgehead atoms. The molecule has 32 heavy (non-hydrogen) atoms. The molecule has 3 aromatic rings. The fourth-order valence-electron chi connectivity index (χ4n) is 3.86. The van der Waals surface area contributed by atoms with E-state index in [1.54, 1.807) is 44.2 Å². The van der Waals surface area contributed by atoms with Crippen LogP contribution in [0.4, 0.5) is 16.2 Å². The van der Waals surface area contributed by atoms with E-state index in [-0.39, 0.29) is 29.0 Å². The molecular weight excluding hydrogens is 411 g/mol. The fraction of sp³-hybridized carbons (Fsp3) is 0.304. The summed E-state index contributed by atoms with van der Waals surface area (Å²) in [5, 5.41) is 2.96. The van der Waals surface area contributed by atoms with E-state index in [4.69, 9.17) is 10.5 Å². The number of halogens is 1. The highest BCUT2D eigenvalue weighted by Crippen LogP contribution is 2.35. The molecule has 1 aliphatic heterocycles. The molecule has 0 saturated carbocycles. The number of likely N-dealkylation sites (N-methyl/N-ethyl adjacent to an activating group) is 1. The Morgan fingerprint density at radius 2 is 2.09 bits per heavy atom. The van der Waals surface area contributed by atoms with E-state index >= 15 is 4.39 Å². The van der Waals surface area contributed by atoms with Crippen LogP contribution in [0.1, 0.15) is 22.5 Å². The molecule has 2 aromatic heterocycles. The Balaban J connectivity index is 1.74. The monoisotopic (exact) mass is 436 g/mol. The molecule has 3 N–H and O–H groups in total. The number of rotatable bonds is 5. The number of benzene rings is 1. The number of aromatic nitrogens is 3. The van der Waals surface area contributed by atoms with Crippen molar-refractivity contribution in [2.24, 2.45) is 0 Å². The molecule has 1 saturated heterocycles. The van der Waals surface area contributed by atoms with Gasteiger partial charge in [-0.05, 0) is 43.7 Å². The number of nitrogens with two attached hydrogens (primary N) is 1. The highest BCUT2D eigenvalue weighted by molar-refractivity contribution is 5.95. The third-order valence-corrected chi connectivity index (χ3v) is 5.66. The summed E-state index contributed by atoms with van der Waals surface area (Å²) < 4.78 is 20.6. The number of nitrogens with zero attached hydrogens (tertiary/aromatic N) is 4. The Morgan fingerprint density at radius 3 is 2.72 bits per heavy atom. The topological polar surface area (TPSA) is 106 Å². The van der Waals surface area contributed by atoms with Crippen molar-refractivity contribution in [3.05, 3.63) is 53.6 Å². The van der Waals surface area contributed by atoms with E-state index < -0.39 is 5.82 Å². The Kier molecular flexibility index (Phi) is 6.00. The first kappa shape index (κ1) is 21.6. The lowest BCUT2D eigenvalue weighted by Gasteiger charge is -2.23. The molecule has 166 valence electrons. The van der Waals surface area contributed by atoms with E-state index in [1.807, 2.05) is 12.1 Å². The van der Waals surface area contributed by atoms with Crippen LogP contribution in [-0.2, 0) is 4.74 Å². The summed E-state index contributed by atoms with van der Waals surface area (Å²) in [6.07, 6.45) is 2.44. The van der Waals surface area contributed by atoms with Gasteiger partial charge in [-0.15, -0.1) is 0 Å². The van der Waals surface area contributed by atoms with Gasteiger partial charge < -0.3 is 20.7 Å². The maximum atomic E-state index is 15.3. The smallest absolute Gasteiger partial charge is 0.254 e. The molecule has 1 amide bonds. The lowest BCUT2D eigenvalue weighted by Crippen LogP contribution is -2.37. The van der Waals surface area contributed by atoms with Gasteiger partial charge in [-0.25, -0.2) is 19.3 Å². The van der Waals surface area contributed by atoms with Crippen LogP contribution >= 0.6 is 0 Å². The van der Waals surface area contributed by atoms with Crippen LogP contribution in [0, 0.1) is 12.7 Å². The molecular formula is C23H25FN6O2. The number of anilines is 2. The maximum Gasteiger partial charge on any atom is 0.254 e. The van der Waals surface area contributed by atoms with Crippen LogP contribution in [0.15, 0.2) is 36.5 Å². The van der Waals surface area contributed by atoms with Gasteiger partial charge >= 0.3 is 0 Å². The minimum Gasteiger partial charge on any atom is -0.379 e. The van der Waals surface area contributed by atoms with Gasteiger partial charge in [0.2, 0.25) is 5.95 Å². The number of carbonyl (C=O) groups is 1. The van der Waals surface area contributed by atoms with Gasteiger partial charge in [0.05, 0.1) is 24.0 Å². The van der Waals surface area contributed by atoms with Crippen molar-refractivity contribution in [1.82, 2.24) is 19.9 Å². The molecule has 9 heteroatoms. The third-order valence-electron chi connectivity index (χ3n) is 5.66. The van der Waals surface area contributed by atoms with Gasteiger partial charge in [-0.3, -0.25) is 4.79 Å². The molecule has 4 rings (SSSR count). The third kappa shape index (κ3) is 4.11. The van der Waals surface area contributed by atoms with Crippen LogP contribution in [0.5, 0.6) is 0 Å². The Hall–Kier alpha value is -3.59. The number of aryl methyl sites for hydroxylation is 1. The number of nitrogen functional groups attached to an aromatic ring is 1. The minimum atomic E-state index is -0.564. The minimum absolute atomic E-state index is 0.00534. The van der Waals surface area contributed by atoms with E-state index in [0.717, 1.165) is 12.0 Å². The Labute approximate surface area is 185 Å². The number of hydrogen-bond donors (Lipinski definition) is 2. The van der Waals surface area contributed by atoms with E-state index in [2.05, 4.69) is 20.3 Å². The van der Waals surface area contributed by atoms with Gasteiger partial charge in [0.15, 0.2) is 0 Å². The number of pyridine rings is 1. The van der Waals surface area contributed by atoms with Crippen molar-refractivity contribution in [2.75, 3.05) is 38.4 Å². The molecule has 8 nitrogen and oxygen atoms in total. The second-order valence-corrected chi connectivity index (χ2v) is 7.70. The van der Waals surface area contributed by atoms with Gasteiger partial charge in [0, 0.05) is 49.2 Å². The summed E-state index contributed by atoms with van der Waals surface area (Å²) in [4.78, 5) is 27.4. The molecule has 1 aliphatic rings. The first-order chi connectivity index (χ1) is 15.4. The largest absolute Gasteiger partial charge is 0.379 e. The predicted octanol–water partition coefficient (Wildman–Crippen LogP) is 3.14. The predicted molar refractivity (Wildman–Crippen MR) is 121 cm³/mol. The van der Waals surface area contributed by atoms with Gasteiger partial charge in [0.1, 0.15) is 11.6 Å². The van der Waals surface area contributed by atoms with Crippen molar-refractivity contribution < 1.29 is 13.9 Å². The molecule has 0 radical (unpaired) electrons. The summed E-state index contributed by atoms with van der Waals surface area (Å²) >= 11 is 0. The van der Waals surface area contributed by atoms with E-state index in [1.165, 1.54) is 6.07 Å². The first-order valence-corrected chi connectivity index (χ1v) is 10.3. The number of hydrogen-bond acceptors (Lipinski definition) is 7. The lowest BCUT2D eigenvalue weighted by molar-refractivity contribution is 0.0711. The molecule has 0 aliphatic carbocycles. The highest BCUT2D eigenvalue weighted by atomic mass is 19.1. The average Bonchev–Trinajstić information content (AvgIpc) is 3.32. The standard InChI is InChI=1S/C23H25FN6O2/c1-13-20(15-5-7-19(26-2)27-11-15)21(29-23(25)28-13)17-6-4-14(10-18(17)24)22(31)30(3)16-8-9-32-12-16/h4-7,10-11,16H,8-9,12H2,1-3H3,(H,26,27)(H2,25,28,29). The fourth-order valence-corrected chi connectivity index (χ4v) is 3.86. The zero-order valence-electron chi connectivity index (χ0n) is 18.2. The second kappa shape index (κ2) is 8.88. The molecule has 1 unspecified atom stereocenters. The Morgan fingerprint density at radius 1 is 1.28 bits per heavy atom. The molecule has 1 fully saturated rings. The van der Waals surface area contributed by atoms with Gasteiger partial charge in [-0.2, -0.15) is 0 Å². The van der Waals surface area contributed by atoms with Crippen LogP contribution in [-0.4, -0.2) is 59.1 Å². The first-order valence-electron chi connectivity index (χ1n) is 10.3. The number of nitrogens with one attached hydrogen (secondary N) is 1. The number of amides is 1. The summed E-state index contributed by atoms with van der Waals surface area (Å²) in [7, 11) is 3.49. The maximum absolute atomic E-state index is 15.3. The van der Waals surface area contributed by atoms with Crippen molar-refractivity contribution in [3.63, 3.8) is 0 Å². The van der Waals surface area contributed by atoms with E-state index in [0.29, 0.717) is 36.0 Å². The number of carbonyl (C=O) groups excluding carboxylic acids is 1. The van der Waals surface area contributed by atoms with Crippen molar-refractivity contribution >= 4 is 17.7 Å². The number of ether oxygens (including phenoxy) is 1. The van der Waals surface area contributed by atoms with Crippen LogP contribution in [0.25, 0.3) is 22.4 Å². The van der Waals surface area contributed by atoms with Crippen LogP contribution in [0.2, 0.25) is 0 Å². The Bertz CT molecular complexity index is 1150. The van der Waals surface area contributed by atoms with Crippen molar-refractivity contribution in [3.8, 4) is 22.4 Å². The van der Waals surface area contributed by atoms with Crippen molar-refractivity contribution in [2.45, 2.75) is 19.4 Å². The van der Waals surface area contributed by atoms with Crippen LogP contribution in [0.3, 0.4) is 0 Å². The van der Waals surface area contributed by atoms with E-state index in [9.17, 15) is 4.79 Å². The second-order valence-electron chi connectivity index (χ2n) is 7.70.